The smallest absolute Gasteiger partial charge is 0.329 e. The van der Waals surface area contributed by atoms with Gasteiger partial charge in [0.05, 0.1) is 17.8 Å². The van der Waals surface area contributed by atoms with Gasteiger partial charge in [-0.1, -0.05) is 24.3 Å². The van der Waals surface area contributed by atoms with Crippen LogP contribution in [0.2, 0.25) is 0 Å². The number of amides is 2. The van der Waals surface area contributed by atoms with Crippen LogP contribution < -0.4 is 10.5 Å². The second-order valence-corrected chi connectivity index (χ2v) is 9.11. The molecule has 1 aliphatic heterocycles. The summed E-state index contributed by atoms with van der Waals surface area (Å²) in [6.45, 7) is 0.0400. The molecule has 2 amide bonds. The summed E-state index contributed by atoms with van der Waals surface area (Å²) in [4.78, 5) is 37.5. The topological polar surface area (TPSA) is 143 Å². The number of aliphatic hydroxyl groups is 1. The molecule has 39 heavy (non-hydrogen) atoms. The van der Waals surface area contributed by atoms with Crippen LogP contribution in [-0.4, -0.2) is 51.1 Å². The Morgan fingerprint density at radius 2 is 1.82 bits per heavy atom. The molecule has 1 fully saturated rings. The van der Waals surface area contributed by atoms with Crippen LogP contribution in [0.1, 0.15) is 22.3 Å². The van der Waals surface area contributed by atoms with E-state index in [0.29, 0.717) is 22.4 Å². The first-order valence-electron chi connectivity index (χ1n) is 11.9. The van der Waals surface area contributed by atoms with Crippen molar-refractivity contribution in [1.29, 1.82) is 0 Å². The number of likely N-dealkylation sites (tertiary alicyclic amines) is 1. The maximum Gasteiger partial charge on any atom is 0.329 e. The summed E-state index contributed by atoms with van der Waals surface area (Å²) in [5.41, 5.74) is 7.21. The molecule has 1 aliphatic rings. The van der Waals surface area contributed by atoms with E-state index in [9.17, 15) is 33.4 Å². The molecule has 4 N–H and O–H groups in total. The maximum absolute atomic E-state index is 14.1. The van der Waals surface area contributed by atoms with Gasteiger partial charge in [-0.05, 0) is 47.5 Å². The Bertz CT molecular complexity index is 1580. The number of carbonyl (C=O) groups is 3. The number of fused-ring (bicyclic) bond motifs is 1. The lowest BCUT2D eigenvalue weighted by molar-refractivity contribution is -0.144. The summed E-state index contributed by atoms with van der Waals surface area (Å²) in [7, 11) is 0. The fourth-order valence-corrected chi connectivity index (χ4v) is 4.79. The molecule has 0 aliphatic carbocycles. The van der Waals surface area contributed by atoms with Crippen LogP contribution in [0.5, 0.6) is 5.75 Å². The second-order valence-electron chi connectivity index (χ2n) is 9.11. The zero-order chi connectivity index (χ0) is 27.8. The van der Waals surface area contributed by atoms with E-state index < -0.39 is 47.6 Å². The van der Waals surface area contributed by atoms with E-state index in [1.54, 1.807) is 36.4 Å². The third-order valence-corrected chi connectivity index (χ3v) is 6.65. The molecule has 9 nitrogen and oxygen atoms in total. The molecule has 0 radical (unpaired) electrons. The van der Waals surface area contributed by atoms with Gasteiger partial charge in [-0.25, -0.2) is 13.6 Å². The molecule has 3 aromatic carbocycles. The number of aliphatic carboxylic acids is 1. The fraction of sp³-hybridized carbons (Fsp3) is 0.179. The summed E-state index contributed by atoms with van der Waals surface area (Å²) < 4.78 is 39.2. The number of hydrogen-bond acceptors (Lipinski definition) is 6. The predicted octanol–water partition coefficient (Wildman–Crippen LogP) is 3.47. The molecule has 0 bridgehead atoms. The lowest BCUT2D eigenvalue weighted by Crippen LogP contribution is -2.51. The molecule has 2 heterocycles. The number of primary amides is 1. The third-order valence-electron chi connectivity index (χ3n) is 6.65. The standard InChI is InChI=1S/C28H22F2N2O7/c29-20-11-19(25-18(23(20)30)8-9-38-25)15-4-6-17(7-5-15)39-13-14-2-1-3-16(10-14)27(35)32-21(26(31)34)12-22(33)24(32)28(36)37/h1-11,21-22,24,33H,12-13H2,(H2,31,34)(H,36,37)/t21?,22-,24+/m1/s1. The maximum atomic E-state index is 14.1. The molecule has 3 atom stereocenters. The van der Waals surface area contributed by atoms with Crippen molar-refractivity contribution in [3.8, 4) is 16.9 Å². The molecule has 5 rings (SSSR count). The van der Waals surface area contributed by atoms with E-state index in [1.165, 1.54) is 24.5 Å². The van der Waals surface area contributed by atoms with Crippen molar-refractivity contribution in [1.82, 2.24) is 4.90 Å². The van der Waals surface area contributed by atoms with E-state index in [1.807, 2.05) is 0 Å². The van der Waals surface area contributed by atoms with Crippen LogP contribution in [0.3, 0.4) is 0 Å². The summed E-state index contributed by atoms with van der Waals surface area (Å²) >= 11 is 0. The summed E-state index contributed by atoms with van der Waals surface area (Å²) in [5, 5.41) is 19.7. The van der Waals surface area contributed by atoms with Crippen molar-refractivity contribution < 1.29 is 42.5 Å². The van der Waals surface area contributed by atoms with Gasteiger partial charge in [0, 0.05) is 17.5 Å². The van der Waals surface area contributed by atoms with Gasteiger partial charge in [-0.2, -0.15) is 0 Å². The number of aliphatic hydroxyl groups excluding tert-OH is 1. The van der Waals surface area contributed by atoms with Crippen LogP contribution >= 0.6 is 0 Å². The molecule has 0 saturated carbocycles. The number of ether oxygens (including phenoxy) is 1. The van der Waals surface area contributed by atoms with Crippen LogP contribution in [0.15, 0.2) is 71.3 Å². The van der Waals surface area contributed by atoms with E-state index in [4.69, 9.17) is 14.9 Å². The highest BCUT2D eigenvalue weighted by Crippen LogP contribution is 2.34. The SMILES string of the molecule is NC(=O)C1C[C@@H](O)[C@@H](C(=O)O)N1C(=O)c1cccc(COc2ccc(-c3cc(F)c(F)c4ccoc34)cc2)c1. The first-order valence-corrected chi connectivity index (χ1v) is 11.9. The molecule has 4 aromatic rings. The van der Waals surface area contributed by atoms with Crippen LogP contribution in [-0.2, 0) is 16.2 Å². The van der Waals surface area contributed by atoms with Gasteiger partial charge in [-0.15, -0.1) is 0 Å². The van der Waals surface area contributed by atoms with E-state index in [2.05, 4.69) is 0 Å². The molecule has 1 aromatic heterocycles. The number of carboxylic acids is 1. The summed E-state index contributed by atoms with van der Waals surface area (Å²) in [5.74, 6) is -4.63. The van der Waals surface area contributed by atoms with E-state index >= 15 is 0 Å². The number of carbonyl (C=O) groups excluding carboxylic acids is 2. The quantitative estimate of drug-likeness (QED) is 0.328. The highest BCUT2D eigenvalue weighted by atomic mass is 19.2. The number of nitrogens with zero attached hydrogens (tertiary/aromatic N) is 1. The van der Waals surface area contributed by atoms with Gasteiger partial charge in [0.25, 0.3) is 5.91 Å². The average Bonchev–Trinajstić information content (AvgIpc) is 3.55. The van der Waals surface area contributed by atoms with Crippen molar-refractivity contribution in [3.05, 3.63) is 89.7 Å². The number of halogens is 2. The number of rotatable bonds is 7. The number of benzene rings is 3. The normalized spacial score (nSPS) is 18.8. The van der Waals surface area contributed by atoms with E-state index in [-0.39, 0.29) is 29.6 Å². The monoisotopic (exact) mass is 536 g/mol. The lowest BCUT2D eigenvalue weighted by Gasteiger charge is -2.27. The second kappa shape index (κ2) is 10.2. The van der Waals surface area contributed by atoms with Gasteiger partial charge < -0.3 is 30.0 Å². The van der Waals surface area contributed by atoms with Gasteiger partial charge in [0.1, 0.15) is 24.0 Å². The molecule has 11 heteroatoms. The highest BCUT2D eigenvalue weighted by Gasteiger charge is 2.49. The Balaban J connectivity index is 1.32. The molecular weight excluding hydrogens is 514 g/mol. The first kappa shape index (κ1) is 25.9. The molecular formula is C28H22F2N2O7. The molecule has 1 saturated heterocycles. The zero-order valence-electron chi connectivity index (χ0n) is 20.2. The first-order chi connectivity index (χ1) is 18.7. The zero-order valence-corrected chi connectivity index (χ0v) is 20.2. The van der Waals surface area contributed by atoms with Gasteiger partial charge >= 0.3 is 5.97 Å². The largest absolute Gasteiger partial charge is 0.489 e. The third kappa shape index (κ3) is 4.79. The Morgan fingerprint density at radius 1 is 1.08 bits per heavy atom. The number of hydrogen-bond donors (Lipinski definition) is 3. The Hall–Kier alpha value is -4.77. The van der Waals surface area contributed by atoms with Crippen LogP contribution in [0.25, 0.3) is 22.1 Å². The van der Waals surface area contributed by atoms with Crippen LogP contribution in [0.4, 0.5) is 8.78 Å². The summed E-state index contributed by atoms with van der Waals surface area (Å²) in [6, 6.07) is 12.4. The van der Waals surface area contributed by atoms with Crippen molar-refractivity contribution in [3.63, 3.8) is 0 Å². The average molecular weight is 536 g/mol. The van der Waals surface area contributed by atoms with Crippen molar-refractivity contribution >= 4 is 28.8 Å². The van der Waals surface area contributed by atoms with Gasteiger partial charge in [-0.3, -0.25) is 9.59 Å². The van der Waals surface area contributed by atoms with Crippen LogP contribution in [0, 0.1) is 11.6 Å². The lowest BCUT2D eigenvalue weighted by atomic mass is 10.0. The van der Waals surface area contributed by atoms with Gasteiger partial charge in [0.15, 0.2) is 17.7 Å². The van der Waals surface area contributed by atoms with Gasteiger partial charge in [0.2, 0.25) is 5.91 Å². The fourth-order valence-electron chi connectivity index (χ4n) is 4.79. The number of nitrogens with two attached hydrogens (primary N) is 1. The van der Waals surface area contributed by atoms with E-state index in [0.717, 1.165) is 11.0 Å². The minimum absolute atomic E-state index is 0.0400. The number of carboxylic acid groups (broad SMARTS) is 1. The Morgan fingerprint density at radius 3 is 2.51 bits per heavy atom. The summed E-state index contributed by atoms with van der Waals surface area (Å²) in [6.07, 6.45) is -0.421. The molecule has 1 unspecified atom stereocenters. The Labute approximate surface area is 220 Å². The Kier molecular flexibility index (Phi) is 6.75. The number of furan rings is 1. The minimum Gasteiger partial charge on any atom is -0.489 e. The van der Waals surface area contributed by atoms with Crippen molar-refractivity contribution in [2.45, 2.75) is 31.2 Å². The van der Waals surface area contributed by atoms with Crippen molar-refractivity contribution in [2.75, 3.05) is 0 Å². The van der Waals surface area contributed by atoms with Crippen molar-refractivity contribution in [2.24, 2.45) is 5.73 Å². The molecule has 0 spiro atoms. The highest BCUT2D eigenvalue weighted by molar-refractivity contribution is 6.00. The minimum atomic E-state index is -1.61. The predicted molar refractivity (Wildman–Crippen MR) is 134 cm³/mol. The molecule has 200 valence electrons.